The van der Waals surface area contributed by atoms with Crippen molar-refractivity contribution in [3.8, 4) is 0 Å². The smallest absolute Gasteiger partial charge is 0.264 e. The molecule has 20 nitrogen and oxygen atoms in total. The number of nitrogens with zero attached hydrogens (tertiary/aromatic N) is 5. The zero-order chi connectivity index (χ0) is 48.6. The van der Waals surface area contributed by atoms with Gasteiger partial charge in [0.05, 0.1) is 80.2 Å². The topological polar surface area (TPSA) is 247 Å². The summed E-state index contributed by atoms with van der Waals surface area (Å²) in [5, 5.41) is 21.3. The maximum atomic E-state index is 13.6. The number of hydrogen-bond donors (Lipinski definition) is 5. The van der Waals surface area contributed by atoms with Crippen molar-refractivity contribution in [2.75, 3.05) is 115 Å². The summed E-state index contributed by atoms with van der Waals surface area (Å²) in [6.45, 7) is 9.00. The second-order valence-electron chi connectivity index (χ2n) is 17.4. The Morgan fingerprint density at radius 3 is 2.16 bits per heavy atom. The van der Waals surface area contributed by atoms with Gasteiger partial charge in [0, 0.05) is 75.7 Å². The van der Waals surface area contributed by atoms with E-state index in [9.17, 15) is 27.6 Å². The average molecular weight is 975 g/mol. The Balaban J connectivity index is 0.722. The molecular formula is C48H66N10O10S. The van der Waals surface area contributed by atoms with E-state index in [1.807, 2.05) is 0 Å². The molecule has 69 heavy (non-hydrogen) atoms. The number of sulfonamides is 1. The number of imide groups is 2. The van der Waals surface area contributed by atoms with Gasteiger partial charge in [-0.25, -0.2) is 13.4 Å². The van der Waals surface area contributed by atoms with Crippen LogP contribution in [0.15, 0.2) is 53.6 Å². The van der Waals surface area contributed by atoms with Crippen LogP contribution in [0.5, 0.6) is 0 Å². The summed E-state index contributed by atoms with van der Waals surface area (Å²) < 4.78 is 51.4. The molecule has 4 amide bonds. The Hall–Kier alpha value is -5.42. The molecule has 1 aliphatic carbocycles. The minimum atomic E-state index is -3.72. The second-order valence-corrected chi connectivity index (χ2v) is 19.4. The van der Waals surface area contributed by atoms with E-state index in [0.29, 0.717) is 121 Å². The molecular weight excluding hydrogens is 909 g/mol. The molecule has 7 rings (SSSR count). The highest BCUT2D eigenvalue weighted by Crippen LogP contribution is 2.32. The predicted molar refractivity (Wildman–Crippen MR) is 258 cm³/mol. The van der Waals surface area contributed by atoms with Crippen LogP contribution in [-0.2, 0) is 38.6 Å². The Labute approximate surface area is 404 Å². The van der Waals surface area contributed by atoms with Gasteiger partial charge in [0.15, 0.2) is 0 Å². The highest BCUT2D eigenvalue weighted by Gasteiger charge is 2.45. The van der Waals surface area contributed by atoms with E-state index in [1.165, 1.54) is 10.7 Å². The van der Waals surface area contributed by atoms with Crippen molar-refractivity contribution in [3.63, 3.8) is 0 Å². The highest BCUT2D eigenvalue weighted by molar-refractivity contribution is 7.89. The molecule has 0 bridgehead atoms. The molecule has 2 saturated heterocycles. The Kier molecular flexibility index (Phi) is 19.0. The van der Waals surface area contributed by atoms with E-state index >= 15 is 0 Å². The van der Waals surface area contributed by atoms with Crippen molar-refractivity contribution >= 4 is 56.8 Å². The van der Waals surface area contributed by atoms with Gasteiger partial charge in [-0.15, -0.1) is 0 Å². The van der Waals surface area contributed by atoms with Gasteiger partial charge in [0.1, 0.15) is 11.9 Å². The largest absolute Gasteiger partial charge is 0.382 e. The maximum absolute atomic E-state index is 13.6. The van der Waals surface area contributed by atoms with Gasteiger partial charge in [-0.05, 0) is 49.9 Å². The zero-order valence-electron chi connectivity index (χ0n) is 39.5. The van der Waals surface area contributed by atoms with Crippen LogP contribution in [-0.4, -0.2) is 173 Å². The van der Waals surface area contributed by atoms with Gasteiger partial charge < -0.3 is 34.9 Å². The third-order valence-corrected chi connectivity index (χ3v) is 14.5. The van der Waals surface area contributed by atoms with E-state index in [1.54, 1.807) is 48.7 Å². The van der Waals surface area contributed by atoms with E-state index in [0.717, 1.165) is 50.0 Å². The molecule has 0 radical (unpaired) electrons. The standard InChI is InChI=1S/C48H66N10O10S/c1-2-3-18-51-48-52-33-38(44(55-48)53-35-8-5-4-6-9-35)43(49)34-12-14-36(15-13-34)69(63,64)57-22-20-56(21-23-57)24-26-66-28-30-68-32-31-67-29-27-65-25-19-50-39-11-7-10-37-42(39)47(62)58(46(37)61)40-16-17-41(59)54-45(40)60/h7,10-15,33,35,40,49-50H,2-6,8-9,16-32H2,1H3,(H,54,59,60)(H2,51,52,53,55). The number of piperazine rings is 1. The van der Waals surface area contributed by atoms with Gasteiger partial charge >= 0.3 is 0 Å². The molecule has 4 heterocycles. The molecule has 1 saturated carbocycles. The van der Waals surface area contributed by atoms with Crippen LogP contribution in [0.2, 0.25) is 0 Å². The van der Waals surface area contributed by atoms with Crippen LogP contribution in [0.4, 0.5) is 17.5 Å². The lowest BCUT2D eigenvalue weighted by atomic mass is 9.95. The molecule has 3 aromatic rings. The lowest BCUT2D eigenvalue weighted by Gasteiger charge is -2.33. The van der Waals surface area contributed by atoms with Crippen molar-refractivity contribution in [2.24, 2.45) is 0 Å². The third-order valence-electron chi connectivity index (χ3n) is 12.6. The van der Waals surface area contributed by atoms with E-state index in [2.05, 4.69) is 38.1 Å². The minimum Gasteiger partial charge on any atom is -0.382 e. The van der Waals surface area contributed by atoms with Crippen molar-refractivity contribution < 1.29 is 46.5 Å². The Bertz CT molecular complexity index is 2360. The molecule has 0 spiro atoms. The number of ether oxygens (including phenoxy) is 4. The van der Waals surface area contributed by atoms with Gasteiger partial charge in [-0.2, -0.15) is 9.29 Å². The zero-order valence-corrected chi connectivity index (χ0v) is 40.3. The number of amides is 4. The molecule has 5 N–H and O–H groups in total. The van der Waals surface area contributed by atoms with Crippen LogP contribution in [0.1, 0.15) is 96.6 Å². The van der Waals surface area contributed by atoms with E-state index < -0.39 is 39.7 Å². The first-order chi connectivity index (χ1) is 33.5. The summed E-state index contributed by atoms with van der Waals surface area (Å²) >= 11 is 0. The van der Waals surface area contributed by atoms with Crippen LogP contribution < -0.4 is 21.3 Å². The van der Waals surface area contributed by atoms with Gasteiger partial charge in [-0.3, -0.25) is 39.7 Å². The van der Waals surface area contributed by atoms with Crippen molar-refractivity contribution in [2.45, 2.75) is 81.7 Å². The molecule has 1 aromatic heterocycles. The SMILES string of the molecule is CCCCNc1ncc(C(=N)c2ccc(S(=O)(=O)N3CCN(CCOCCOCCOCCOCCNc4cccc5c4C(=O)N(C4CCC(=O)NC4=O)C5=O)CC3)cc2)c(NC2CCCCC2)n1. The fraction of sp³-hybridized carbons (Fsp3) is 0.562. The highest BCUT2D eigenvalue weighted by atomic mass is 32.2. The summed E-state index contributed by atoms with van der Waals surface area (Å²) in [6, 6.07) is 10.7. The second kappa shape index (κ2) is 25.4. The normalized spacial score (nSPS) is 18.3. The number of piperidine rings is 1. The van der Waals surface area contributed by atoms with Crippen molar-refractivity contribution in [1.82, 2.24) is 29.4 Å². The average Bonchev–Trinajstić information content (AvgIpc) is 3.61. The summed E-state index contributed by atoms with van der Waals surface area (Å²) in [6.07, 6.45) is 9.55. The fourth-order valence-electron chi connectivity index (χ4n) is 8.74. The van der Waals surface area contributed by atoms with E-state index in [4.69, 9.17) is 29.3 Å². The lowest BCUT2D eigenvalue weighted by Crippen LogP contribution is -2.54. The number of rotatable bonds is 27. The Morgan fingerprint density at radius 2 is 1.48 bits per heavy atom. The van der Waals surface area contributed by atoms with E-state index in [-0.39, 0.29) is 40.6 Å². The van der Waals surface area contributed by atoms with Crippen molar-refractivity contribution in [3.05, 3.63) is 70.9 Å². The molecule has 2 aromatic carbocycles. The molecule has 1 atom stereocenters. The molecule has 21 heteroatoms. The number of benzene rings is 2. The van der Waals surface area contributed by atoms with Gasteiger partial charge in [0.2, 0.25) is 27.8 Å². The van der Waals surface area contributed by atoms with Crippen LogP contribution in [0.25, 0.3) is 0 Å². The molecule has 374 valence electrons. The predicted octanol–water partition coefficient (Wildman–Crippen LogP) is 3.74. The maximum Gasteiger partial charge on any atom is 0.264 e. The summed E-state index contributed by atoms with van der Waals surface area (Å²) in [5.74, 6) is -1.05. The lowest BCUT2D eigenvalue weighted by molar-refractivity contribution is -0.136. The molecule has 4 aliphatic rings. The van der Waals surface area contributed by atoms with Crippen LogP contribution in [0.3, 0.4) is 0 Å². The fourth-order valence-corrected chi connectivity index (χ4v) is 10.2. The minimum absolute atomic E-state index is 0.0553. The number of hydrogen-bond acceptors (Lipinski definition) is 17. The first-order valence-corrected chi connectivity index (χ1v) is 25.7. The van der Waals surface area contributed by atoms with Gasteiger partial charge in [0.25, 0.3) is 11.8 Å². The first kappa shape index (κ1) is 51.4. The summed E-state index contributed by atoms with van der Waals surface area (Å²) in [5.41, 5.74) is 2.28. The Morgan fingerprint density at radius 1 is 0.797 bits per heavy atom. The number of anilines is 3. The van der Waals surface area contributed by atoms with Crippen molar-refractivity contribution in [1.29, 1.82) is 5.41 Å². The monoisotopic (exact) mass is 974 g/mol. The number of carbonyl (C=O) groups excluding carboxylic acids is 4. The number of fused-ring (bicyclic) bond motifs is 1. The van der Waals surface area contributed by atoms with Gasteiger partial charge in [-0.1, -0.05) is 50.8 Å². The van der Waals surface area contributed by atoms with Crippen LogP contribution in [0, 0.1) is 5.41 Å². The molecule has 3 aliphatic heterocycles. The summed E-state index contributed by atoms with van der Waals surface area (Å²) in [7, 11) is -3.72. The number of aromatic nitrogens is 2. The van der Waals surface area contributed by atoms with Crippen LogP contribution >= 0.6 is 0 Å². The third kappa shape index (κ3) is 13.7. The summed E-state index contributed by atoms with van der Waals surface area (Å²) in [4.78, 5) is 62.8. The number of carbonyl (C=O) groups is 4. The first-order valence-electron chi connectivity index (χ1n) is 24.2. The quantitative estimate of drug-likeness (QED) is 0.0415. The molecule has 3 fully saturated rings. The number of unbranched alkanes of at least 4 members (excludes halogenated alkanes) is 1. The molecule has 1 unspecified atom stereocenters. The number of nitrogens with one attached hydrogen (secondary N) is 5.